The van der Waals surface area contributed by atoms with Crippen LogP contribution in [0.1, 0.15) is 16.2 Å². The maximum absolute atomic E-state index is 12.2. The van der Waals surface area contributed by atoms with Crippen LogP contribution in [-0.4, -0.2) is 33.5 Å². The molecule has 1 N–H and O–H groups in total. The van der Waals surface area contributed by atoms with Crippen LogP contribution in [0.4, 0.5) is 5.69 Å². The number of halogens is 2. The number of ether oxygens (including phenoxy) is 1. The molecule has 0 saturated heterocycles. The lowest BCUT2D eigenvalue weighted by molar-refractivity contribution is -0.119. The van der Waals surface area contributed by atoms with Crippen molar-refractivity contribution >= 4 is 40.8 Å². The summed E-state index contributed by atoms with van der Waals surface area (Å²) >= 11 is 11.9. The summed E-state index contributed by atoms with van der Waals surface area (Å²) in [5.74, 6) is -1.27. The minimum Gasteiger partial charge on any atom is -0.451 e. The van der Waals surface area contributed by atoms with E-state index in [1.165, 1.54) is 4.80 Å². The lowest BCUT2D eigenvalue weighted by Gasteiger charge is -2.07. The number of aryl methyl sites for hydroxylation is 1. The lowest BCUT2D eigenvalue weighted by atomic mass is 10.3. The van der Waals surface area contributed by atoms with Gasteiger partial charge in [0.15, 0.2) is 12.3 Å². The van der Waals surface area contributed by atoms with Gasteiger partial charge in [-0.2, -0.15) is 9.90 Å². The van der Waals surface area contributed by atoms with E-state index in [1.54, 1.807) is 55.5 Å². The average Bonchev–Trinajstić information content (AvgIpc) is 3.03. The van der Waals surface area contributed by atoms with E-state index in [0.29, 0.717) is 27.1 Å². The van der Waals surface area contributed by atoms with E-state index < -0.39 is 18.5 Å². The van der Waals surface area contributed by atoms with Crippen molar-refractivity contribution < 1.29 is 14.3 Å². The highest BCUT2D eigenvalue weighted by Gasteiger charge is 2.19. The third-order valence-electron chi connectivity index (χ3n) is 3.50. The highest BCUT2D eigenvalue weighted by Crippen LogP contribution is 2.20. The van der Waals surface area contributed by atoms with Crippen molar-refractivity contribution in [3.05, 3.63) is 70.0 Å². The molecule has 138 valence electrons. The SMILES string of the molecule is Cc1nn(-c2cccc(Cl)c2)nc1C(=O)OCC(=O)Nc1ccccc1Cl. The number of carbonyl (C=O) groups is 2. The summed E-state index contributed by atoms with van der Waals surface area (Å²) < 4.78 is 5.02. The van der Waals surface area contributed by atoms with E-state index in [1.807, 2.05) is 0 Å². The van der Waals surface area contributed by atoms with Gasteiger partial charge >= 0.3 is 5.97 Å². The molecule has 0 fully saturated rings. The van der Waals surface area contributed by atoms with Crippen LogP contribution in [0.5, 0.6) is 0 Å². The predicted molar refractivity (Wildman–Crippen MR) is 101 cm³/mol. The molecule has 7 nitrogen and oxygen atoms in total. The van der Waals surface area contributed by atoms with Crippen molar-refractivity contribution in [2.75, 3.05) is 11.9 Å². The van der Waals surface area contributed by atoms with E-state index in [0.717, 1.165) is 0 Å². The summed E-state index contributed by atoms with van der Waals surface area (Å²) in [7, 11) is 0. The van der Waals surface area contributed by atoms with Crippen molar-refractivity contribution in [1.82, 2.24) is 15.0 Å². The molecule has 0 saturated carbocycles. The zero-order chi connectivity index (χ0) is 19.4. The predicted octanol–water partition coefficient (Wildman–Crippen LogP) is 3.68. The molecule has 0 radical (unpaired) electrons. The standard InChI is InChI=1S/C18H14Cl2N4O3/c1-11-17(23-24(22-11)13-6-4-5-12(19)9-13)18(26)27-10-16(25)21-15-8-3-2-7-14(15)20/h2-9H,10H2,1H3,(H,21,25). The second kappa shape index (κ2) is 8.20. The Labute approximate surface area is 164 Å². The Morgan fingerprint density at radius 3 is 2.63 bits per heavy atom. The van der Waals surface area contributed by atoms with Gasteiger partial charge in [-0.05, 0) is 37.3 Å². The van der Waals surface area contributed by atoms with Crippen molar-refractivity contribution in [2.24, 2.45) is 0 Å². The maximum Gasteiger partial charge on any atom is 0.361 e. The van der Waals surface area contributed by atoms with Gasteiger partial charge in [0, 0.05) is 5.02 Å². The van der Waals surface area contributed by atoms with Crippen molar-refractivity contribution in [3.8, 4) is 5.69 Å². The molecule has 1 aromatic heterocycles. The third-order valence-corrected chi connectivity index (χ3v) is 4.06. The van der Waals surface area contributed by atoms with E-state index in [4.69, 9.17) is 27.9 Å². The first kappa shape index (κ1) is 18.9. The first-order chi connectivity index (χ1) is 12.9. The van der Waals surface area contributed by atoms with Crippen molar-refractivity contribution in [1.29, 1.82) is 0 Å². The van der Waals surface area contributed by atoms with Crippen LogP contribution in [0.2, 0.25) is 10.0 Å². The molecule has 0 spiro atoms. The number of rotatable bonds is 5. The molecule has 1 amide bonds. The number of hydrogen-bond acceptors (Lipinski definition) is 5. The lowest BCUT2D eigenvalue weighted by Crippen LogP contribution is -2.21. The minimum atomic E-state index is -0.755. The van der Waals surface area contributed by atoms with Gasteiger partial charge in [-0.25, -0.2) is 4.79 Å². The van der Waals surface area contributed by atoms with Crippen LogP contribution in [0.25, 0.3) is 5.69 Å². The highest BCUT2D eigenvalue weighted by atomic mass is 35.5. The number of hydrogen-bond donors (Lipinski definition) is 1. The molecule has 2 aromatic carbocycles. The number of esters is 1. The molecule has 9 heteroatoms. The summed E-state index contributed by atoms with van der Waals surface area (Å²) in [5, 5.41) is 11.8. The van der Waals surface area contributed by atoms with Gasteiger partial charge in [0.1, 0.15) is 0 Å². The zero-order valence-corrected chi connectivity index (χ0v) is 15.7. The molecule has 27 heavy (non-hydrogen) atoms. The third kappa shape index (κ3) is 4.64. The van der Waals surface area contributed by atoms with Gasteiger partial charge in [-0.1, -0.05) is 41.4 Å². The topological polar surface area (TPSA) is 86.1 Å². The summed E-state index contributed by atoms with van der Waals surface area (Å²) in [6.45, 7) is 1.14. The zero-order valence-electron chi connectivity index (χ0n) is 14.1. The Kier molecular flexibility index (Phi) is 5.73. The number of amides is 1. The monoisotopic (exact) mass is 404 g/mol. The maximum atomic E-state index is 12.2. The molecule has 3 rings (SSSR count). The van der Waals surface area contributed by atoms with Gasteiger partial charge in [0.2, 0.25) is 0 Å². The van der Waals surface area contributed by atoms with Crippen LogP contribution in [0, 0.1) is 6.92 Å². The Morgan fingerprint density at radius 2 is 1.89 bits per heavy atom. The Bertz CT molecular complexity index is 1000. The number of anilines is 1. The summed E-state index contributed by atoms with van der Waals surface area (Å²) in [6.07, 6.45) is 0. The minimum absolute atomic E-state index is 0.0144. The second-order valence-corrected chi connectivity index (χ2v) is 6.35. The van der Waals surface area contributed by atoms with Gasteiger partial charge in [0.05, 0.1) is 22.1 Å². The quantitative estimate of drug-likeness (QED) is 0.655. The molecular weight excluding hydrogens is 391 g/mol. The largest absolute Gasteiger partial charge is 0.451 e. The van der Waals surface area contributed by atoms with E-state index in [9.17, 15) is 9.59 Å². The van der Waals surface area contributed by atoms with Gasteiger partial charge < -0.3 is 10.1 Å². The molecule has 0 atom stereocenters. The normalized spacial score (nSPS) is 10.5. The molecule has 0 aliphatic rings. The molecule has 0 aliphatic carbocycles. The fraction of sp³-hybridized carbons (Fsp3) is 0.111. The van der Waals surface area contributed by atoms with Crippen LogP contribution in [0.3, 0.4) is 0 Å². The number of nitrogens with one attached hydrogen (secondary N) is 1. The van der Waals surface area contributed by atoms with Crippen LogP contribution in [0.15, 0.2) is 48.5 Å². The fourth-order valence-electron chi connectivity index (χ4n) is 2.23. The average molecular weight is 405 g/mol. The second-order valence-electron chi connectivity index (χ2n) is 5.51. The summed E-state index contributed by atoms with van der Waals surface area (Å²) in [6, 6.07) is 13.6. The Balaban J connectivity index is 1.64. The van der Waals surface area contributed by atoms with Crippen molar-refractivity contribution in [3.63, 3.8) is 0 Å². The van der Waals surface area contributed by atoms with Gasteiger partial charge in [0.25, 0.3) is 5.91 Å². The molecule has 0 unspecified atom stereocenters. The molecule has 1 heterocycles. The van der Waals surface area contributed by atoms with E-state index in [2.05, 4.69) is 15.5 Å². The van der Waals surface area contributed by atoms with E-state index in [-0.39, 0.29) is 5.69 Å². The van der Waals surface area contributed by atoms with Crippen molar-refractivity contribution in [2.45, 2.75) is 6.92 Å². The number of carbonyl (C=O) groups excluding carboxylic acids is 2. The first-order valence-electron chi connectivity index (χ1n) is 7.85. The van der Waals surface area contributed by atoms with Crippen LogP contribution >= 0.6 is 23.2 Å². The van der Waals surface area contributed by atoms with Crippen LogP contribution < -0.4 is 5.32 Å². The van der Waals surface area contributed by atoms with E-state index >= 15 is 0 Å². The number of para-hydroxylation sites is 1. The fourth-order valence-corrected chi connectivity index (χ4v) is 2.60. The molecular formula is C18H14Cl2N4O3. The number of benzene rings is 2. The van der Waals surface area contributed by atoms with Crippen LogP contribution in [-0.2, 0) is 9.53 Å². The summed E-state index contributed by atoms with van der Waals surface area (Å²) in [4.78, 5) is 25.5. The Hall–Kier alpha value is -2.90. The molecule has 0 aliphatic heterocycles. The van der Waals surface area contributed by atoms with Gasteiger partial charge in [-0.3, -0.25) is 4.79 Å². The number of aromatic nitrogens is 3. The molecule has 3 aromatic rings. The smallest absolute Gasteiger partial charge is 0.361 e. The first-order valence-corrected chi connectivity index (χ1v) is 8.61. The number of nitrogens with zero attached hydrogens (tertiary/aromatic N) is 3. The summed E-state index contributed by atoms with van der Waals surface area (Å²) in [5.41, 5.74) is 1.41. The van der Waals surface area contributed by atoms with Gasteiger partial charge in [-0.15, -0.1) is 5.10 Å². The molecule has 0 bridgehead atoms. The highest BCUT2D eigenvalue weighted by molar-refractivity contribution is 6.33. The Morgan fingerprint density at radius 1 is 1.11 bits per heavy atom.